The molecule has 1 rings (SSSR count). The third-order valence-corrected chi connectivity index (χ3v) is 2.93. The van der Waals surface area contributed by atoms with Gasteiger partial charge in [0.15, 0.2) is 5.78 Å². The second-order valence-corrected chi connectivity index (χ2v) is 4.55. The lowest BCUT2D eigenvalue weighted by atomic mass is 10.0. The summed E-state index contributed by atoms with van der Waals surface area (Å²) in [6, 6.07) is 0. The number of esters is 1. The minimum atomic E-state index is -0.609. The standard InChI is InChI=1S/C12H20O4/c1-8(2)10-6-4-5-9(13)11(16-10)7-12(14)15-3/h8,10-11H,4-7H2,1-3H3/t10-,11-/m1/s1. The number of hydrogen-bond donors (Lipinski definition) is 0. The lowest BCUT2D eigenvalue weighted by Gasteiger charge is -2.23. The summed E-state index contributed by atoms with van der Waals surface area (Å²) in [6.45, 7) is 4.13. The van der Waals surface area contributed by atoms with Gasteiger partial charge in [0.2, 0.25) is 0 Å². The molecule has 1 heterocycles. The van der Waals surface area contributed by atoms with Crippen LogP contribution in [0.3, 0.4) is 0 Å². The van der Waals surface area contributed by atoms with Crippen molar-refractivity contribution in [2.24, 2.45) is 5.92 Å². The summed E-state index contributed by atoms with van der Waals surface area (Å²) in [5, 5.41) is 0. The predicted octanol–water partition coefficient (Wildman–Crippen LogP) is 1.71. The van der Waals surface area contributed by atoms with E-state index < -0.39 is 6.10 Å². The molecule has 4 heteroatoms. The van der Waals surface area contributed by atoms with E-state index >= 15 is 0 Å². The Morgan fingerprint density at radius 1 is 1.56 bits per heavy atom. The van der Waals surface area contributed by atoms with Gasteiger partial charge in [-0.2, -0.15) is 0 Å². The number of methoxy groups -OCH3 is 1. The third kappa shape index (κ3) is 3.59. The first-order chi connectivity index (χ1) is 7.54. The van der Waals surface area contributed by atoms with Crippen LogP contribution in [0.1, 0.15) is 39.5 Å². The smallest absolute Gasteiger partial charge is 0.308 e. The van der Waals surface area contributed by atoms with Crippen LogP contribution < -0.4 is 0 Å². The average Bonchev–Trinajstić information content (AvgIpc) is 2.41. The van der Waals surface area contributed by atoms with Crippen molar-refractivity contribution < 1.29 is 19.1 Å². The van der Waals surface area contributed by atoms with Crippen LogP contribution >= 0.6 is 0 Å². The number of hydrogen-bond acceptors (Lipinski definition) is 4. The molecule has 0 radical (unpaired) electrons. The predicted molar refractivity (Wildman–Crippen MR) is 59.0 cm³/mol. The van der Waals surface area contributed by atoms with Gasteiger partial charge in [-0.3, -0.25) is 9.59 Å². The molecule has 0 saturated carbocycles. The van der Waals surface area contributed by atoms with E-state index in [1.807, 2.05) is 0 Å². The molecule has 1 aliphatic rings. The molecular weight excluding hydrogens is 208 g/mol. The molecule has 4 nitrogen and oxygen atoms in total. The quantitative estimate of drug-likeness (QED) is 0.690. The van der Waals surface area contributed by atoms with E-state index in [1.54, 1.807) is 0 Å². The summed E-state index contributed by atoms with van der Waals surface area (Å²) in [6.07, 6.45) is 1.74. The summed E-state index contributed by atoms with van der Waals surface area (Å²) in [4.78, 5) is 22.9. The van der Waals surface area contributed by atoms with E-state index in [1.165, 1.54) is 7.11 Å². The van der Waals surface area contributed by atoms with Crippen LogP contribution in [0.4, 0.5) is 0 Å². The maximum atomic E-state index is 11.7. The number of carbonyl (C=O) groups excluding carboxylic acids is 2. The van der Waals surface area contributed by atoms with E-state index in [0.717, 1.165) is 12.8 Å². The van der Waals surface area contributed by atoms with Gasteiger partial charge in [0.1, 0.15) is 6.10 Å². The Labute approximate surface area is 96.3 Å². The van der Waals surface area contributed by atoms with Gasteiger partial charge in [0.25, 0.3) is 0 Å². The Kier molecular flexibility index (Phi) is 4.93. The molecule has 0 spiro atoms. The van der Waals surface area contributed by atoms with Crippen LogP contribution in [0.25, 0.3) is 0 Å². The zero-order chi connectivity index (χ0) is 12.1. The molecule has 0 amide bonds. The largest absolute Gasteiger partial charge is 0.469 e. The summed E-state index contributed by atoms with van der Waals surface area (Å²) < 4.78 is 10.3. The van der Waals surface area contributed by atoms with E-state index in [0.29, 0.717) is 12.3 Å². The molecule has 1 aliphatic heterocycles. The van der Waals surface area contributed by atoms with Gasteiger partial charge in [0.05, 0.1) is 19.6 Å². The van der Waals surface area contributed by atoms with Crippen molar-refractivity contribution in [2.45, 2.75) is 51.7 Å². The minimum absolute atomic E-state index is 0.0218. The molecule has 2 atom stereocenters. The minimum Gasteiger partial charge on any atom is -0.469 e. The van der Waals surface area contributed by atoms with Gasteiger partial charge >= 0.3 is 5.97 Å². The van der Waals surface area contributed by atoms with Gasteiger partial charge in [-0.05, 0) is 18.8 Å². The Bertz CT molecular complexity index is 260. The first kappa shape index (κ1) is 13.2. The van der Waals surface area contributed by atoms with Gasteiger partial charge in [-0.25, -0.2) is 0 Å². The molecule has 0 unspecified atom stereocenters. The second kappa shape index (κ2) is 5.99. The highest BCUT2D eigenvalue weighted by Crippen LogP contribution is 2.23. The third-order valence-electron chi connectivity index (χ3n) is 2.93. The highest BCUT2D eigenvalue weighted by molar-refractivity contribution is 5.87. The summed E-state index contributed by atoms with van der Waals surface area (Å²) in [7, 11) is 1.32. The van der Waals surface area contributed by atoms with E-state index in [9.17, 15) is 9.59 Å². The van der Waals surface area contributed by atoms with Crippen molar-refractivity contribution >= 4 is 11.8 Å². The zero-order valence-corrected chi connectivity index (χ0v) is 10.2. The number of rotatable bonds is 3. The molecule has 0 aromatic carbocycles. The molecule has 1 fully saturated rings. The average molecular weight is 228 g/mol. The van der Waals surface area contributed by atoms with E-state index in [-0.39, 0.29) is 24.3 Å². The van der Waals surface area contributed by atoms with Gasteiger partial charge in [-0.1, -0.05) is 13.8 Å². The molecule has 1 saturated heterocycles. The fourth-order valence-electron chi connectivity index (χ4n) is 1.88. The highest BCUT2D eigenvalue weighted by atomic mass is 16.5. The maximum absolute atomic E-state index is 11.7. The van der Waals surface area contributed by atoms with Crippen LogP contribution in [0.5, 0.6) is 0 Å². The van der Waals surface area contributed by atoms with Crippen molar-refractivity contribution in [1.29, 1.82) is 0 Å². The lowest BCUT2D eigenvalue weighted by Crippen LogP contribution is -2.31. The lowest BCUT2D eigenvalue weighted by molar-refractivity contribution is -0.150. The number of Topliss-reactive ketones (excluding diaryl/α,β-unsaturated/α-hetero) is 1. The molecular formula is C12H20O4. The number of ether oxygens (including phenoxy) is 2. The van der Waals surface area contributed by atoms with Crippen LogP contribution in [-0.4, -0.2) is 31.1 Å². The fourth-order valence-corrected chi connectivity index (χ4v) is 1.88. The first-order valence-corrected chi connectivity index (χ1v) is 5.79. The second-order valence-electron chi connectivity index (χ2n) is 4.55. The van der Waals surface area contributed by atoms with Crippen LogP contribution in [0.2, 0.25) is 0 Å². The first-order valence-electron chi connectivity index (χ1n) is 5.79. The van der Waals surface area contributed by atoms with Gasteiger partial charge in [-0.15, -0.1) is 0 Å². The molecule has 0 N–H and O–H groups in total. The number of carbonyl (C=O) groups is 2. The van der Waals surface area contributed by atoms with Crippen LogP contribution in [-0.2, 0) is 19.1 Å². The Morgan fingerprint density at radius 2 is 2.25 bits per heavy atom. The molecule has 16 heavy (non-hydrogen) atoms. The maximum Gasteiger partial charge on any atom is 0.308 e. The Hall–Kier alpha value is -0.900. The zero-order valence-electron chi connectivity index (χ0n) is 10.2. The summed E-state index contributed by atoms with van der Waals surface area (Å²) in [5.41, 5.74) is 0. The molecule has 0 aromatic rings. The SMILES string of the molecule is COC(=O)C[C@H]1O[C@@H](C(C)C)CCCC1=O. The van der Waals surface area contributed by atoms with E-state index in [2.05, 4.69) is 18.6 Å². The molecule has 0 aromatic heterocycles. The van der Waals surface area contributed by atoms with Crippen molar-refractivity contribution in [2.75, 3.05) is 7.11 Å². The highest BCUT2D eigenvalue weighted by Gasteiger charge is 2.30. The Balaban J connectivity index is 2.63. The van der Waals surface area contributed by atoms with Gasteiger partial charge in [0, 0.05) is 6.42 Å². The summed E-state index contributed by atoms with van der Waals surface area (Å²) in [5.74, 6) is 0.00218. The molecule has 0 bridgehead atoms. The summed E-state index contributed by atoms with van der Waals surface area (Å²) >= 11 is 0. The fraction of sp³-hybridized carbons (Fsp3) is 0.833. The van der Waals surface area contributed by atoms with Crippen molar-refractivity contribution in [3.8, 4) is 0 Å². The van der Waals surface area contributed by atoms with Gasteiger partial charge < -0.3 is 9.47 Å². The Morgan fingerprint density at radius 3 is 2.81 bits per heavy atom. The van der Waals surface area contributed by atoms with E-state index in [4.69, 9.17) is 4.74 Å². The van der Waals surface area contributed by atoms with Crippen molar-refractivity contribution in [1.82, 2.24) is 0 Å². The number of ketones is 1. The van der Waals surface area contributed by atoms with Crippen LogP contribution in [0.15, 0.2) is 0 Å². The van der Waals surface area contributed by atoms with Crippen molar-refractivity contribution in [3.05, 3.63) is 0 Å². The molecule has 0 aliphatic carbocycles. The monoisotopic (exact) mass is 228 g/mol. The van der Waals surface area contributed by atoms with Crippen molar-refractivity contribution in [3.63, 3.8) is 0 Å². The topological polar surface area (TPSA) is 52.6 Å². The van der Waals surface area contributed by atoms with Crippen LogP contribution in [0, 0.1) is 5.92 Å². The normalized spacial score (nSPS) is 26.6. The molecule has 92 valence electrons.